The van der Waals surface area contributed by atoms with Crippen molar-refractivity contribution < 1.29 is 9.53 Å². The van der Waals surface area contributed by atoms with Crippen molar-refractivity contribution in [1.29, 1.82) is 0 Å². The van der Waals surface area contributed by atoms with Crippen molar-refractivity contribution in [2.24, 2.45) is 0 Å². The van der Waals surface area contributed by atoms with Crippen molar-refractivity contribution in [3.63, 3.8) is 0 Å². The molecule has 0 unspecified atom stereocenters. The SMILES string of the molecule is CCOC(=O)CSc1cc(C)nc(NC)n1. The zero-order valence-electron chi connectivity index (χ0n) is 9.61. The fourth-order valence-corrected chi connectivity index (χ4v) is 1.81. The third-order valence-electron chi connectivity index (χ3n) is 1.70. The molecule has 0 atom stereocenters. The lowest BCUT2D eigenvalue weighted by Crippen LogP contribution is -2.07. The summed E-state index contributed by atoms with van der Waals surface area (Å²) in [4.78, 5) is 19.5. The van der Waals surface area contributed by atoms with Crippen LogP contribution in [0.4, 0.5) is 5.95 Å². The number of rotatable bonds is 5. The van der Waals surface area contributed by atoms with Gasteiger partial charge in [-0.15, -0.1) is 0 Å². The number of ether oxygens (including phenoxy) is 1. The Hall–Kier alpha value is -1.30. The predicted octanol–water partition coefficient (Wildman–Crippen LogP) is 1.48. The topological polar surface area (TPSA) is 64.1 Å². The first-order chi connectivity index (χ1) is 7.65. The molecule has 1 aromatic heterocycles. The molecule has 0 radical (unpaired) electrons. The Kier molecular flexibility index (Phi) is 5.04. The molecule has 0 saturated heterocycles. The van der Waals surface area contributed by atoms with Crippen LogP contribution in [-0.2, 0) is 9.53 Å². The standard InChI is InChI=1S/C10H15N3O2S/c1-4-15-9(14)6-16-8-5-7(2)12-10(11-3)13-8/h5H,4,6H2,1-3H3,(H,11,12,13). The number of hydrogen-bond acceptors (Lipinski definition) is 6. The second-order valence-electron chi connectivity index (χ2n) is 3.01. The van der Waals surface area contributed by atoms with Crippen molar-refractivity contribution in [3.05, 3.63) is 11.8 Å². The smallest absolute Gasteiger partial charge is 0.316 e. The molecule has 1 N–H and O–H groups in total. The Bertz CT molecular complexity index is 371. The molecule has 0 bridgehead atoms. The molecular weight excluding hydrogens is 226 g/mol. The van der Waals surface area contributed by atoms with Crippen molar-refractivity contribution in [2.45, 2.75) is 18.9 Å². The van der Waals surface area contributed by atoms with Crippen molar-refractivity contribution in [2.75, 3.05) is 24.7 Å². The summed E-state index contributed by atoms with van der Waals surface area (Å²) in [6, 6.07) is 1.84. The van der Waals surface area contributed by atoms with Gasteiger partial charge in [0.15, 0.2) is 0 Å². The fraction of sp³-hybridized carbons (Fsp3) is 0.500. The molecule has 88 valence electrons. The molecule has 6 heteroatoms. The van der Waals surface area contributed by atoms with Gasteiger partial charge in [0.25, 0.3) is 0 Å². The Morgan fingerprint density at radius 3 is 2.94 bits per heavy atom. The summed E-state index contributed by atoms with van der Waals surface area (Å²) in [5.41, 5.74) is 0.866. The van der Waals surface area contributed by atoms with Crippen molar-refractivity contribution >= 4 is 23.7 Å². The molecule has 0 saturated carbocycles. The van der Waals surface area contributed by atoms with E-state index in [0.717, 1.165) is 10.7 Å². The zero-order valence-corrected chi connectivity index (χ0v) is 10.4. The van der Waals surface area contributed by atoms with Gasteiger partial charge in [-0.25, -0.2) is 9.97 Å². The van der Waals surface area contributed by atoms with E-state index in [1.807, 2.05) is 13.0 Å². The summed E-state index contributed by atoms with van der Waals surface area (Å²) in [5, 5.41) is 3.64. The van der Waals surface area contributed by atoms with Gasteiger partial charge in [-0.3, -0.25) is 4.79 Å². The zero-order chi connectivity index (χ0) is 12.0. The van der Waals surface area contributed by atoms with Crippen LogP contribution < -0.4 is 5.32 Å². The normalized spacial score (nSPS) is 9.94. The molecule has 0 aliphatic carbocycles. The molecule has 1 heterocycles. The molecule has 0 aliphatic heterocycles. The van der Waals surface area contributed by atoms with Crippen LogP contribution in [0.1, 0.15) is 12.6 Å². The highest BCUT2D eigenvalue weighted by atomic mass is 32.2. The molecular formula is C10H15N3O2S. The Balaban J connectivity index is 2.59. The van der Waals surface area contributed by atoms with Crippen LogP contribution in [0, 0.1) is 6.92 Å². The maximum atomic E-state index is 11.2. The third-order valence-corrected chi connectivity index (χ3v) is 2.58. The van der Waals surface area contributed by atoms with E-state index in [1.165, 1.54) is 11.8 Å². The number of esters is 1. The fourth-order valence-electron chi connectivity index (χ4n) is 1.06. The molecule has 0 aromatic carbocycles. The number of anilines is 1. The lowest BCUT2D eigenvalue weighted by atomic mass is 10.5. The summed E-state index contributed by atoms with van der Waals surface area (Å²) >= 11 is 1.35. The largest absolute Gasteiger partial charge is 0.465 e. The molecule has 0 fully saturated rings. The summed E-state index contributed by atoms with van der Waals surface area (Å²) in [5.74, 6) is 0.606. The van der Waals surface area contributed by atoms with Gasteiger partial charge in [0, 0.05) is 12.7 Å². The number of aromatic nitrogens is 2. The third kappa shape index (κ3) is 4.06. The Morgan fingerprint density at radius 1 is 1.56 bits per heavy atom. The van der Waals surface area contributed by atoms with Gasteiger partial charge >= 0.3 is 5.97 Å². The summed E-state index contributed by atoms with van der Waals surface area (Å²) in [7, 11) is 1.76. The van der Waals surface area contributed by atoms with Crippen LogP contribution in [-0.4, -0.2) is 35.3 Å². The summed E-state index contributed by atoms with van der Waals surface area (Å²) in [6.45, 7) is 4.08. The average molecular weight is 241 g/mol. The van der Waals surface area contributed by atoms with E-state index in [-0.39, 0.29) is 11.7 Å². The van der Waals surface area contributed by atoms with Gasteiger partial charge < -0.3 is 10.1 Å². The van der Waals surface area contributed by atoms with Crippen LogP contribution in [0.5, 0.6) is 0 Å². The highest BCUT2D eigenvalue weighted by Gasteiger charge is 2.06. The quantitative estimate of drug-likeness (QED) is 0.478. The number of nitrogens with one attached hydrogen (secondary N) is 1. The van der Waals surface area contributed by atoms with Crippen molar-refractivity contribution in [3.8, 4) is 0 Å². The number of carbonyl (C=O) groups excluding carboxylic acids is 1. The number of nitrogens with zero attached hydrogens (tertiary/aromatic N) is 2. The minimum absolute atomic E-state index is 0.227. The number of aryl methyl sites for hydroxylation is 1. The summed E-state index contributed by atoms with van der Waals surface area (Å²) in [6.07, 6.45) is 0. The van der Waals surface area contributed by atoms with Gasteiger partial charge in [0.05, 0.1) is 12.4 Å². The van der Waals surface area contributed by atoms with Crippen LogP contribution in [0.2, 0.25) is 0 Å². The maximum Gasteiger partial charge on any atom is 0.316 e. The number of hydrogen-bond donors (Lipinski definition) is 1. The first-order valence-corrected chi connectivity index (χ1v) is 5.96. The predicted molar refractivity (Wildman–Crippen MR) is 63.7 cm³/mol. The van der Waals surface area contributed by atoms with E-state index in [4.69, 9.17) is 4.74 Å². The van der Waals surface area contributed by atoms with Crippen LogP contribution in [0.3, 0.4) is 0 Å². The van der Waals surface area contributed by atoms with Gasteiger partial charge in [-0.1, -0.05) is 11.8 Å². The first-order valence-electron chi connectivity index (χ1n) is 4.97. The van der Waals surface area contributed by atoms with Crippen LogP contribution in [0.15, 0.2) is 11.1 Å². The molecule has 1 aromatic rings. The van der Waals surface area contributed by atoms with E-state index in [9.17, 15) is 4.79 Å². The minimum Gasteiger partial charge on any atom is -0.465 e. The summed E-state index contributed by atoms with van der Waals surface area (Å²) < 4.78 is 4.83. The van der Waals surface area contributed by atoms with E-state index in [1.54, 1.807) is 14.0 Å². The number of thioether (sulfide) groups is 1. The lowest BCUT2D eigenvalue weighted by molar-refractivity contribution is -0.139. The second-order valence-corrected chi connectivity index (χ2v) is 4.01. The first kappa shape index (κ1) is 12.8. The van der Waals surface area contributed by atoms with E-state index in [0.29, 0.717) is 12.6 Å². The average Bonchev–Trinajstić information content (AvgIpc) is 2.26. The van der Waals surface area contributed by atoms with Gasteiger partial charge in [0.1, 0.15) is 5.03 Å². The highest BCUT2D eigenvalue weighted by molar-refractivity contribution is 7.99. The Morgan fingerprint density at radius 2 is 2.31 bits per heavy atom. The monoisotopic (exact) mass is 241 g/mol. The highest BCUT2D eigenvalue weighted by Crippen LogP contribution is 2.17. The number of carbonyl (C=O) groups is 1. The van der Waals surface area contributed by atoms with E-state index >= 15 is 0 Å². The lowest BCUT2D eigenvalue weighted by Gasteiger charge is -2.04. The molecule has 0 spiro atoms. The Labute approximate surface area is 99.0 Å². The maximum absolute atomic E-state index is 11.2. The molecule has 0 amide bonds. The molecule has 0 aliphatic rings. The second kappa shape index (κ2) is 6.32. The molecule has 1 rings (SSSR count). The molecule has 16 heavy (non-hydrogen) atoms. The van der Waals surface area contributed by atoms with Crippen LogP contribution >= 0.6 is 11.8 Å². The van der Waals surface area contributed by atoms with Crippen molar-refractivity contribution in [1.82, 2.24) is 9.97 Å². The minimum atomic E-state index is -0.227. The van der Waals surface area contributed by atoms with Gasteiger partial charge in [-0.2, -0.15) is 0 Å². The van der Waals surface area contributed by atoms with Gasteiger partial charge in [0.2, 0.25) is 5.95 Å². The van der Waals surface area contributed by atoms with Gasteiger partial charge in [-0.05, 0) is 19.9 Å². The van der Waals surface area contributed by atoms with E-state index < -0.39 is 0 Å². The molecule has 5 nitrogen and oxygen atoms in total. The van der Waals surface area contributed by atoms with E-state index in [2.05, 4.69) is 15.3 Å². The van der Waals surface area contributed by atoms with Crippen LogP contribution in [0.25, 0.3) is 0 Å².